The summed E-state index contributed by atoms with van der Waals surface area (Å²) in [7, 11) is -0.328. The lowest BCUT2D eigenvalue weighted by Gasteiger charge is -2.27. The monoisotopic (exact) mass is 494 g/mol. The molecule has 2 aromatic carbocycles. The van der Waals surface area contributed by atoms with Crippen molar-refractivity contribution in [2.24, 2.45) is 0 Å². The van der Waals surface area contributed by atoms with Crippen molar-refractivity contribution in [2.45, 2.75) is 37.6 Å². The third-order valence-corrected chi connectivity index (χ3v) is 7.90. The summed E-state index contributed by atoms with van der Waals surface area (Å²) in [6, 6.07) is 10.5. The molecule has 8 heteroatoms. The Hall–Kier alpha value is -1.90. The topological polar surface area (TPSA) is 66.9 Å². The Morgan fingerprint density at radius 2 is 1.83 bits per heavy atom. The number of carbonyl (C=O) groups is 1. The van der Waals surface area contributed by atoms with Crippen LogP contribution in [0, 0.1) is 6.92 Å². The third-order valence-electron chi connectivity index (χ3n) is 5.36. The Kier molecular flexibility index (Phi) is 7.21. The summed E-state index contributed by atoms with van der Waals surface area (Å²) in [5, 5.41) is 0. The lowest BCUT2D eigenvalue weighted by atomic mass is 10.1. The maximum atomic E-state index is 13.1. The van der Waals surface area contributed by atoms with Gasteiger partial charge in [0.2, 0.25) is 10.0 Å². The first kappa shape index (κ1) is 22.8. The number of aryl methyl sites for hydroxylation is 1. The highest BCUT2D eigenvalue weighted by atomic mass is 79.9. The van der Waals surface area contributed by atoms with E-state index in [1.165, 1.54) is 10.4 Å². The molecule has 0 saturated carbocycles. The molecule has 30 heavy (non-hydrogen) atoms. The number of carbonyl (C=O) groups excluding carboxylic acids is 1. The van der Waals surface area contributed by atoms with Crippen molar-refractivity contribution in [1.29, 1.82) is 0 Å². The van der Waals surface area contributed by atoms with Crippen LogP contribution in [0.25, 0.3) is 0 Å². The molecule has 0 atom stereocenters. The van der Waals surface area contributed by atoms with Crippen LogP contribution in [-0.2, 0) is 16.6 Å². The normalized spacial score (nSPS) is 15.1. The van der Waals surface area contributed by atoms with Gasteiger partial charge in [-0.05, 0) is 55.7 Å². The average molecular weight is 495 g/mol. The van der Waals surface area contributed by atoms with E-state index in [4.69, 9.17) is 4.74 Å². The number of nitrogens with zero attached hydrogens (tertiary/aromatic N) is 2. The van der Waals surface area contributed by atoms with Gasteiger partial charge in [0.05, 0.1) is 12.0 Å². The minimum Gasteiger partial charge on any atom is -0.496 e. The highest BCUT2D eigenvalue weighted by molar-refractivity contribution is 9.10. The minimum absolute atomic E-state index is 0.212. The molecule has 0 aromatic heterocycles. The Morgan fingerprint density at radius 1 is 1.13 bits per heavy atom. The molecule has 6 nitrogen and oxygen atoms in total. The molecule has 0 unspecified atom stereocenters. The van der Waals surface area contributed by atoms with Crippen LogP contribution >= 0.6 is 15.9 Å². The predicted molar refractivity (Wildman–Crippen MR) is 120 cm³/mol. The average Bonchev–Trinajstić information content (AvgIpc) is 2.74. The maximum absolute atomic E-state index is 13.1. The van der Waals surface area contributed by atoms with E-state index in [-0.39, 0.29) is 10.8 Å². The fourth-order valence-corrected chi connectivity index (χ4v) is 5.85. The summed E-state index contributed by atoms with van der Waals surface area (Å²) >= 11 is 3.44. The summed E-state index contributed by atoms with van der Waals surface area (Å²) < 4.78 is 34.1. The van der Waals surface area contributed by atoms with Crippen molar-refractivity contribution >= 4 is 31.9 Å². The van der Waals surface area contributed by atoms with E-state index in [0.29, 0.717) is 36.5 Å². The highest BCUT2D eigenvalue weighted by Crippen LogP contribution is 2.27. The van der Waals surface area contributed by atoms with E-state index in [1.54, 1.807) is 38.1 Å². The second-order valence-electron chi connectivity index (χ2n) is 7.56. The van der Waals surface area contributed by atoms with Crippen LogP contribution in [0.1, 0.15) is 40.7 Å². The van der Waals surface area contributed by atoms with Crippen LogP contribution in [0.3, 0.4) is 0 Å². The number of hydrogen-bond acceptors (Lipinski definition) is 4. The van der Waals surface area contributed by atoms with Crippen LogP contribution in [0.2, 0.25) is 0 Å². The van der Waals surface area contributed by atoms with Gasteiger partial charge in [-0.25, -0.2) is 8.42 Å². The summed E-state index contributed by atoms with van der Waals surface area (Å²) in [6.45, 7) is 3.16. The molecule has 0 radical (unpaired) electrons. The first-order valence-electron chi connectivity index (χ1n) is 9.92. The van der Waals surface area contributed by atoms with Gasteiger partial charge in [0.1, 0.15) is 5.75 Å². The number of benzene rings is 2. The zero-order valence-corrected chi connectivity index (χ0v) is 19.9. The van der Waals surface area contributed by atoms with Gasteiger partial charge >= 0.3 is 0 Å². The van der Waals surface area contributed by atoms with Gasteiger partial charge in [0.25, 0.3) is 5.91 Å². The molecular formula is C22H27BrN2O4S. The summed E-state index contributed by atoms with van der Waals surface area (Å²) in [5.41, 5.74) is 1.86. The molecule has 1 heterocycles. The lowest BCUT2D eigenvalue weighted by molar-refractivity contribution is 0.0784. The summed E-state index contributed by atoms with van der Waals surface area (Å²) in [5.74, 6) is 0.447. The lowest BCUT2D eigenvalue weighted by Crippen LogP contribution is -2.36. The smallest absolute Gasteiger partial charge is 0.253 e. The van der Waals surface area contributed by atoms with Crippen LogP contribution in [0.5, 0.6) is 5.75 Å². The Labute approximate surface area is 187 Å². The van der Waals surface area contributed by atoms with Crippen molar-refractivity contribution in [3.05, 3.63) is 57.6 Å². The molecule has 162 valence electrons. The van der Waals surface area contributed by atoms with E-state index in [0.717, 1.165) is 29.3 Å². The number of amides is 1. The number of methoxy groups -OCH3 is 1. The van der Waals surface area contributed by atoms with E-state index < -0.39 is 10.0 Å². The largest absolute Gasteiger partial charge is 0.496 e. The third kappa shape index (κ3) is 4.87. The summed E-state index contributed by atoms with van der Waals surface area (Å²) in [6.07, 6.45) is 2.79. The number of sulfonamides is 1. The van der Waals surface area contributed by atoms with E-state index in [2.05, 4.69) is 15.9 Å². The van der Waals surface area contributed by atoms with Crippen LogP contribution in [0.4, 0.5) is 0 Å². The molecule has 0 N–H and O–H groups in total. The molecule has 1 saturated heterocycles. The second-order valence-corrected chi connectivity index (χ2v) is 10.4. The Balaban J connectivity index is 1.86. The molecule has 0 spiro atoms. The molecular weight excluding hydrogens is 468 g/mol. The molecule has 1 aliphatic heterocycles. The fraction of sp³-hybridized carbons (Fsp3) is 0.409. The summed E-state index contributed by atoms with van der Waals surface area (Å²) in [4.78, 5) is 14.8. The van der Waals surface area contributed by atoms with Gasteiger partial charge in [-0.15, -0.1) is 0 Å². The van der Waals surface area contributed by atoms with Crippen molar-refractivity contribution in [3.8, 4) is 5.75 Å². The van der Waals surface area contributed by atoms with Gasteiger partial charge in [-0.3, -0.25) is 4.79 Å². The maximum Gasteiger partial charge on any atom is 0.253 e. The van der Waals surface area contributed by atoms with Crippen LogP contribution < -0.4 is 4.74 Å². The SMILES string of the molecule is COc1ccc(Br)cc1CN(C)C(=O)c1ccc(C)c(S(=O)(=O)N2CCCCC2)c1. The van der Waals surface area contributed by atoms with E-state index >= 15 is 0 Å². The second kappa shape index (κ2) is 9.49. The molecule has 2 aromatic rings. The molecule has 1 fully saturated rings. The highest BCUT2D eigenvalue weighted by Gasteiger charge is 2.28. The van der Waals surface area contributed by atoms with Crippen molar-refractivity contribution in [2.75, 3.05) is 27.2 Å². The first-order valence-corrected chi connectivity index (χ1v) is 12.2. The predicted octanol–water partition coefficient (Wildman–Crippen LogP) is 4.21. The van der Waals surface area contributed by atoms with Crippen molar-refractivity contribution < 1.29 is 17.9 Å². The number of rotatable bonds is 6. The van der Waals surface area contributed by atoms with Gasteiger partial charge in [-0.2, -0.15) is 4.31 Å². The van der Waals surface area contributed by atoms with Gasteiger partial charge < -0.3 is 9.64 Å². The fourth-order valence-electron chi connectivity index (χ4n) is 3.67. The van der Waals surface area contributed by atoms with E-state index in [1.807, 2.05) is 18.2 Å². The van der Waals surface area contributed by atoms with Crippen molar-refractivity contribution in [1.82, 2.24) is 9.21 Å². The Bertz CT molecular complexity index is 1030. The van der Waals surface area contributed by atoms with Crippen molar-refractivity contribution in [3.63, 3.8) is 0 Å². The van der Waals surface area contributed by atoms with Gasteiger partial charge in [-0.1, -0.05) is 28.4 Å². The van der Waals surface area contributed by atoms with Crippen LogP contribution in [0.15, 0.2) is 45.8 Å². The number of ether oxygens (including phenoxy) is 1. The van der Waals surface area contributed by atoms with E-state index in [9.17, 15) is 13.2 Å². The molecule has 1 aliphatic rings. The quantitative estimate of drug-likeness (QED) is 0.602. The Morgan fingerprint density at radius 3 is 2.50 bits per heavy atom. The standard InChI is InChI=1S/C22H27BrN2O4S/c1-16-7-8-17(14-21(16)30(27,28)25-11-5-4-6-12-25)22(26)24(2)15-18-13-19(23)9-10-20(18)29-3/h7-10,13-14H,4-6,11-12,15H2,1-3H3. The zero-order chi connectivity index (χ0) is 21.9. The molecule has 0 aliphatic carbocycles. The molecule has 0 bridgehead atoms. The van der Waals surface area contributed by atoms with Gasteiger partial charge in [0.15, 0.2) is 0 Å². The number of hydrogen-bond donors (Lipinski definition) is 0. The minimum atomic E-state index is -3.61. The number of halogens is 1. The molecule has 3 rings (SSSR count). The first-order chi connectivity index (χ1) is 14.2. The van der Waals surface area contributed by atoms with Gasteiger partial charge in [0, 0.05) is 42.3 Å². The zero-order valence-electron chi connectivity index (χ0n) is 17.5. The van der Waals surface area contributed by atoms with Crippen LogP contribution in [-0.4, -0.2) is 50.8 Å². The molecule has 1 amide bonds. The number of piperidine rings is 1.